The third-order valence-corrected chi connectivity index (χ3v) is 3.03. The van der Waals surface area contributed by atoms with Gasteiger partial charge in [0.05, 0.1) is 25.6 Å². The Morgan fingerprint density at radius 3 is 2.89 bits per heavy atom. The number of ether oxygens (including phenoxy) is 1. The SMILES string of the molecule is CCCn1ncc(OC)c1C(N)c1ccoc1C. The van der Waals surface area contributed by atoms with E-state index in [2.05, 4.69) is 12.0 Å². The third kappa shape index (κ3) is 2.13. The molecule has 2 heterocycles. The molecule has 1 atom stereocenters. The number of methoxy groups -OCH3 is 1. The minimum Gasteiger partial charge on any atom is -0.493 e. The van der Waals surface area contributed by atoms with Crippen LogP contribution in [-0.2, 0) is 6.54 Å². The Morgan fingerprint density at radius 2 is 2.33 bits per heavy atom. The van der Waals surface area contributed by atoms with Gasteiger partial charge in [-0.3, -0.25) is 4.68 Å². The molecule has 0 bridgehead atoms. The van der Waals surface area contributed by atoms with E-state index in [1.165, 1.54) is 0 Å². The minimum atomic E-state index is -0.284. The summed E-state index contributed by atoms with van der Waals surface area (Å²) in [7, 11) is 1.63. The van der Waals surface area contributed by atoms with E-state index < -0.39 is 0 Å². The van der Waals surface area contributed by atoms with Gasteiger partial charge in [0.25, 0.3) is 0 Å². The van der Waals surface area contributed by atoms with Crippen molar-refractivity contribution in [1.82, 2.24) is 9.78 Å². The van der Waals surface area contributed by atoms with Crippen molar-refractivity contribution in [3.05, 3.63) is 35.5 Å². The highest BCUT2D eigenvalue weighted by Gasteiger charge is 2.22. The Labute approximate surface area is 107 Å². The summed E-state index contributed by atoms with van der Waals surface area (Å²) in [6.07, 6.45) is 4.35. The number of aromatic nitrogens is 2. The van der Waals surface area contributed by atoms with Crippen molar-refractivity contribution in [3.8, 4) is 5.75 Å². The zero-order valence-electron chi connectivity index (χ0n) is 11.0. The standard InChI is InChI=1S/C13H19N3O2/c1-4-6-16-13(11(17-3)8-15-16)12(14)10-5-7-18-9(10)2/h5,7-8,12H,4,6,14H2,1-3H3. The van der Waals surface area contributed by atoms with Crippen molar-refractivity contribution in [1.29, 1.82) is 0 Å². The first-order chi connectivity index (χ1) is 8.69. The molecule has 0 aliphatic rings. The Morgan fingerprint density at radius 1 is 1.56 bits per heavy atom. The Bertz CT molecular complexity index is 516. The van der Waals surface area contributed by atoms with Gasteiger partial charge in [0.2, 0.25) is 0 Å². The Balaban J connectivity index is 2.42. The van der Waals surface area contributed by atoms with Gasteiger partial charge in [-0.15, -0.1) is 0 Å². The summed E-state index contributed by atoms with van der Waals surface area (Å²) in [6, 6.07) is 1.61. The molecular weight excluding hydrogens is 230 g/mol. The number of nitrogens with two attached hydrogens (primary N) is 1. The molecule has 0 radical (unpaired) electrons. The summed E-state index contributed by atoms with van der Waals surface area (Å²) in [5.41, 5.74) is 8.17. The molecular formula is C13H19N3O2. The molecule has 0 spiro atoms. The fourth-order valence-electron chi connectivity index (χ4n) is 2.10. The monoisotopic (exact) mass is 249 g/mol. The van der Waals surface area contributed by atoms with E-state index in [9.17, 15) is 0 Å². The highest BCUT2D eigenvalue weighted by molar-refractivity contribution is 5.36. The maximum atomic E-state index is 6.31. The highest BCUT2D eigenvalue weighted by Crippen LogP contribution is 2.30. The first kappa shape index (κ1) is 12.7. The second-order valence-electron chi connectivity index (χ2n) is 4.23. The Kier molecular flexibility index (Phi) is 3.72. The summed E-state index contributed by atoms with van der Waals surface area (Å²) >= 11 is 0. The quantitative estimate of drug-likeness (QED) is 0.882. The number of hydrogen-bond donors (Lipinski definition) is 1. The van der Waals surface area contributed by atoms with Crippen LogP contribution >= 0.6 is 0 Å². The number of hydrogen-bond acceptors (Lipinski definition) is 4. The lowest BCUT2D eigenvalue weighted by molar-refractivity contribution is 0.403. The predicted octanol–water partition coefficient (Wildman–Crippen LogP) is 2.25. The minimum absolute atomic E-state index is 0.284. The average molecular weight is 249 g/mol. The summed E-state index contributed by atoms with van der Waals surface area (Å²) in [4.78, 5) is 0. The molecule has 5 heteroatoms. The summed E-state index contributed by atoms with van der Waals surface area (Å²) in [5, 5.41) is 4.32. The second kappa shape index (κ2) is 5.27. The van der Waals surface area contributed by atoms with E-state index in [0.717, 1.165) is 35.7 Å². The molecule has 0 fully saturated rings. The zero-order chi connectivity index (χ0) is 13.1. The molecule has 0 saturated carbocycles. The van der Waals surface area contributed by atoms with E-state index in [0.29, 0.717) is 0 Å². The second-order valence-corrected chi connectivity index (χ2v) is 4.23. The summed E-state index contributed by atoms with van der Waals surface area (Å²) in [6.45, 7) is 4.83. The molecule has 2 rings (SSSR count). The molecule has 2 aromatic heterocycles. The summed E-state index contributed by atoms with van der Waals surface area (Å²) < 4.78 is 12.5. The maximum Gasteiger partial charge on any atom is 0.161 e. The van der Waals surface area contributed by atoms with Crippen molar-refractivity contribution in [2.75, 3.05) is 7.11 Å². The van der Waals surface area contributed by atoms with Crippen LogP contribution in [0.25, 0.3) is 0 Å². The van der Waals surface area contributed by atoms with Crippen LogP contribution in [-0.4, -0.2) is 16.9 Å². The molecule has 18 heavy (non-hydrogen) atoms. The first-order valence-corrected chi connectivity index (χ1v) is 6.08. The van der Waals surface area contributed by atoms with Gasteiger partial charge < -0.3 is 14.9 Å². The van der Waals surface area contributed by atoms with E-state index in [1.54, 1.807) is 19.6 Å². The number of furan rings is 1. The van der Waals surface area contributed by atoms with E-state index in [4.69, 9.17) is 14.9 Å². The molecule has 0 aromatic carbocycles. The van der Waals surface area contributed by atoms with E-state index in [1.807, 2.05) is 17.7 Å². The fourth-order valence-corrected chi connectivity index (χ4v) is 2.10. The number of aryl methyl sites for hydroxylation is 2. The van der Waals surface area contributed by atoms with Crippen LogP contribution in [0.4, 0.5) is 0 Å². The smallest absolute Gasteiger partial charge is 0.161 e. The molecule has 2 N–H and O–H groups in total. The van der Waals surface area contributed by atoms with Gasteiger partial charge in [-0.2, -0.15) is 5.10 Å². The van der Waals surface area contributed by atoms with Crippen LogP contribution in [0.15, 0.2) is 22.9 Å². The summed E-state index contributed by atoms with van der Waals surface area (Å²) in [5.74, 6) is 1.55. The van der Waals surface area contributed by atoms with Gasteiger partial charge in [0.1, 0.15) is 11.5 Å². The molecule has 1 unspecified atom stereocenters. The van der Waals surface area contributed by atoms with Crippen LogP contribution in [0.3, 0.4) is 0 Å². The van der Waals surface area contributed by atoms with Crippen LogP contribution in [0, 0.1) is 6.92 Å². The fraction of sp³-hybridized carbons (Fsp3) is 0.462. The third-order valence-electron chi connectivity index (χ3n) is 3.03. The van der Waals surface area contributed by atoms with Crippen LogP contribution in [0.1, 0.15) is 36.4 Å². The lowest BCUT2D eigenvalue weighted by Crippen LogP contribution is -2.18. The zero-order valence-corrected chi connectivity index (χ0v) is 11.0. The molecule has 0 aliphatic heterocycles. The Hall–Kier alpha value is -1.75. The van der Waals surface area contributed by atoms with Crippen molar-refractivity contribution >= 4 is 0 Å². The van der Waals surface area contributed by atoms with Crippen molar-refractivity contribution in [3.63, 3.8) is 0 Å². The molecule has 5 nitrogen and oxygen atoms in total. The number of rotatable bonds is 5. The lowest BCUT2D eigenvalue weighted by atomic mass is 10.1. The molecule has 0 amide bonds. The molecule has 98 valence electrons. The van der Waals surface area contributed by atoms with Gasteiger partial charge >= 0.3 is 0 Å². The van der Waals surface area contributed by atoms with Gasteiger partial charge in [-0.05, 0) is 19.4 Å². The molecule has 0 saturated heterocycles. The van der Waals surface area contributed by atoms with Crippen LogP contribution in [0.5, 0.6) is 5.75 Å². The first-order valence-electron chi connectivity index (χ1n) is 6.08. The van der Waals surface area contributed by atoms with Crippen molar-refractivity contribution in [2.24, 2.45) is 5.73 Å². The topological polar surface area (TPSA) is 66.2 Å². The van der Waals surface area contributed by atoms with Gasteiger partial charge in [0, 0.05) is 12.1 Å². The lowest BCUT2D eigenvalue weighted by Gasteiger charge is -2.15. The van der Waals surface area contributed by atoms with E-state index >= 15 is 0 Å². The van der Waals surface area contributed by atoms with Crippen molar-refractivity contribution < 1.29 is 9.15 Å². The predicted molar refractivity (Wildman–Crippen MR) is 68.5 cm³/mol. The maximum absolute atomic E-state index is 6.31. The van der Waals surface area contributed by atoms with E-state index in [-0.39, 0.29) is 6.04 Å². The van der Waals surface area contributed by atoms with Gasteiger partial charge in [-0.25, -0.2) is 0 Å². The average Bonchev–Trinajstić information content (AvgIpc) is 2.95. The normalized spacial score (nSPS) is 12.7. The number of nitrogens with zero attached hydrogens (tertiary/aromatic N) is 2. The van der Waals surface area contributed by atoms with Crippen molar-refractivity contribution in [2.45, 2.75) is 32.9 Å². The van der Waals surface area contributed by atoms with Crippen LogP contribution in [0.2, 0.25) is 0 Å². The molecule has 2 aromatic rings. The molecule has 0 aliphatic carbocycles. The van der Waals surface area contributed by atoms with Gasteiger partial charge in [-0.1, -0.05) is 6.92 Å². The highest BCUT2D eigenvalue weighted by atomic mass is 16.5. The largest absolute Gasteiger partial charge is 0.493 e. The van der Waals surface area contributed by atoms with Gasteiger partial charge in [0.15, 0.2) is 5.75 Å². The van der Waals surface area contributed by atoms with Crippen LogP contribution < -0.4 is 10.5 Å².